The lowest BCUT2D eigenvalue weighted by atomic mass is 10.0. The molecule has 0 amide bonds. The predicted octanol–water partition coefficient (Wildman–Crippen LogP) is 17.2. The van der Waals surface area contributed by atoms with Crippen LogP contribution in [0.15, 0.2) is 12.2 Å². The van der Waals surface area contributed by atoms with Crippen LogP contribution in [-0.2, 0) is 28.6 Å². The van der Waals surface area contributed by atoms with Gasteiger partial charge in [0.2, 0.25) is 0 Å². The molecule has 350 valence electrons. The largest absolute Gasteiger partial charge is 0.469 e. The average Bonchev–Trinajstić information content (AvgIpc) is 3.23. The van der Waals surface area contributed by atoms with Gasteiger partial charge in [0, 0.05) is 26.2 Å². The lowest BCUT2D eigenvalue weighted by molar-refractivity contribution is -0.146. The van der Waals surface area contributed by atoms with Crippen LogP contribution in [0.1, 0.15) is 291 Å². The molecule has 1 atom stereocenters. The van der Waals surface area contributed by atoms with Crippen molar-refractivity contribution in [3.8, 4) is 0 Å². The summed E-state index contributed by atoms with van der Waals surface area (Å²) in [7, 11) is 1.44. The van der Waals surface area contributed by atoms with Crippen LogP contribution in [0.3, 0.4) is 0 Å². The molecule has 0 aliphatic rings. The van der Waals surface area contributed by atoms with E-state index >= 15 is 0 Å². The first kappa shape index (κ1) is 59.2. The second-order valence-corrected chi connectivity index (χ2v) is 17.5. The zero-order valence-corrected chi connectivity index (χ0v) is 40.4. The van der Waals surface area contributed by atoms with Crippen molar-refractivity contribution < 1.29 is 28.6 Å². The maximum Gasteiger partial charge on any atom is 0.305 e. The summed E-state index contributed by atoms with van der Waals surface area (Å²) in [5.41, 5.74) is 0. The van der Waals surface area contributed by atoms with Gasteiger partial charge in [-0.15, -0.1) is 0 Å². The molecule has 0 aromatic carbocycles. The monoisotopic (exact) mass is 835 g/mol. The molecule has 0 N–H and O–H groups in total. The highest BCUT2D eigenvalue weighted by molar-refractivity contribution is 5.69. The molecule has 0 aliphatic carbocycles. The van der Waals surface area contributed by atoms with Gasteiger partial charge in [0.15, 0.2) is 0 Å². The van der Waals surface area contributed by atoms with Crippen molar-refractivity contribution in [2.24, 2.45) is 0 Å². The first-order chi connectivity index (χ1) is 28.9. The van der Waals surface area contributed by atoms with Crippen molar-refractivity contribution in [3.05, 3.63) is 12.2 Å². The molecular formula is C53H102O6. The fourth-order valence-corrected chi connectivity index (χ4v) is 7.63. The average molecular weight is 835 g/mol. The van der Waals surface area contributed by atoms with Crippen molar-refractivity contribution in [3.63, 3.8) is 0 Å². The Balaban J connectivity index is 0. The van der Waals surface area contributed by atoms with Crippen LogP contribution in [0, 0.1) is 0 Å². The third-order valence-electron chi connectivity index (χ3n) is 11.5. The van der Waals surface area contributed by atoms with Gasteiger partial charge in [0.1, 0.15) is 6.10 Å². The summed E-state index contributed by atoms with van der Waals surface area (Å²) in [5, 5.41) is 0. The number of carbonyl (C=O) groups excluding carboxylic acids is 3. The molecule has 0 aromatic heterocycles. The first-order valence-corrected chi connectivity index (χ1v) is 26.0. The molecule has 0 saturated heterocycles. The van der Waals surface area contributed by atoms with Crippen molar-refractivity contribution in [2.45, 2.75) is 297 Å². The molecule has 6 heteroatoms. The van der Waals surface area contributed by atoms with Gasteiger partial charge in [-0.05, 0) is 44.9 Å². The zero-order valence-electron chi connectivity index (χ0n) is 40.4. The minimum absolute atomic E-state index is 0.0257. The van der Waals surface area contributed by atoms with Gasteiger partial charge < -0.3 is 14.2 Å². The quantitative estimate of drug-likeness (QED) is 0.0263. The Morgan fingerprint density at radius 1 is 0.424 bits per heavy atom. The summed E-state index contributed by atoms with van der Waals surface area (Å²) in [5.74, 6) is -0.265. The fraction of sp³-hybridized carbons (Fsp3) is 0.906. The number of methoxy groups -OCH3 is 1. The molecule has 59 heavy (non-hydrogen) atoms. The van der Waals surface area contributed by atoms with Gasteiger partial charge in [0.25, 0.3) is 0 Å². The lowest BCUT2D eigenvalue weighted by Gasteiger charge is -2.15. The van der Waals surface area contributed by atoms with E-state index in [1.54, 1.807) is 0 Å². The molecular weight excluding hydrogens is 733 g/mol. The highest BCUT2D eigenvalue weighted by Crippen LogP contribution is 2.16. The van der Waals surface area contributed by atoms with E-state index < -0.39 is 0 Å². The SMILES string of the molecule is CCCCCCC(C/C=C\CCCCCCCC(=O)OC)OC(C)=O.CCCCCCCCCCCCCCCCCC(=O)OCCCCCCCCCCCCCC. The zero-order chi connectivity index (χ0) is 43.5. The van der Waals surface area contributed by atoms with Crippen LogP contribution < -0.4 is 0 Å². The fourth-order valence-electron chi connectivity index (χ4n) is 7.63. The van der Waals surface area contributed by atoms with Gasteiger partial charge in [0.05, 0.1) is 13.7 Å². The molecule has 0 bridgehead atoms. The van der Waals surface area contributed by atoms with Gasteiger partial charge in [-0.2, -0.15) is 0 Å². The minimum Gasteiger partial charge on any atom is -0.469 e. The summed E-state index contributed by atoms with van der Waals surface area (Å²) in [6, 6.07) is 0. The van der Waals surface area contributed by atoms with Crippen molar-refractivity contribution in [2.75, 3.05) is 13.7 Å². The number of ether oxygens (including phenoxy) is 3. The Morgan fingerprint density at radius 2 is 0.780 bits per heavy atom. The molecule has 0 fully saturated rings. The van der Waals surface area contributed by atoms with E-state index in [2.05, 4.69) is 37.7 Å². The first-order valence-electron chi connectivity index (χ1n) is 26.0. The maximum absolute atomic E-state index is 11.9. The van der Waals surface area contributed by atoms with Crippen molar-refractivity contribution in [1.29, 1.82) is 0 Å². The van der Waals surface area contributed by atoms with E-state index in [-0.39, 0.29) is 24.0 Å². The number of hydrogen-bond donors (Lipinski definition) is 0. The number of rotatable bonds is 45. The molecule has 0 aliphatic heterocycles. The topological polar surface area (TPSA) is 78.9 Å². The second-order valence-electron chi connectivity index (χ2n) is 17.5. The number of hydrogen-bond acceptors (Lipinski definition) is 6. The summed E-state index contributed by atoms with van der Waals surface area (Å²) < 4.78 is 15.4. The highest BCUT2D eigenvalue weighted by atomic mass is 16.5. The van der Waals surface area contributed by atoms with E-state index in [4.69, 9.17) is 9.47 Å². The molecule has 1 unspecified atom stereocenters. The third-order valence-corrected chi connectivity index (χ3v) is 11.5. The third kappa shape index (κ3) is 54.1. The Bertz CT molecular complexity index is 885. The van der Waals surface area contributed by atoms with Crippen LogP contribution in [0.5, 0.6) is 0 Å². The maximum atomic E-state index is 11.9. The molecule has 0 heterocycles. The van der Waals surface area contributed by atoms with Crippen LogP contribution >= 0.6 is 0 Å². The molecule has 0 aromatic rings. The van der Waals surface area contributed by atoms with Gasteiger partial charge >= 0.3 is 17.9 Å². The molecule has 0 rings (SSSR count). The highest BCUT2D eigenvalue weighted by Gasteiger charge is 2.10. The molecule has 0 saturated carbocycles. The van der Waals surface area contributed by atoms with Crippen LogP contribution in [0.4, 0.5) is 0 Å². The van der Waals surface area contributed by atoms with Crippen LogP contribution in [0.2, 0.25) is 0 Å². The molecule has 0 spiro atoms. The Morgan fingerprint density at radius 3 is 1.19 bits per heavy atom. The smallest absolute Gasteiger partial charge is 0.305 e. The lowest BCUT2D eigenvalue weighted by Crippen LogP contribution is -2.15. The second kappa shape index (κ2) is 52.3. The summed E-state index contributed by atoms with van der Waals surface area (Å²) in [6.45, 7) is 8.89. The minimum atomic E-state index is -0.180. The van der Waals surface area contributed by atoms with Gasteiger partial charge in [-0.1, -0.05) is 232 Å². The summed E-state index contributed by atoms with van der Waals surface area (Å²) in [4.78, 5) is 34.0. The van der Waals surface area contributed by atoms with Crippen molar-refractivity contribution in [1.82, 2.24) is 0 Å². The van der Waals surface area contributed by atoms with E-state index in [9.17, 15) is 14.4 Å². The predicted molar refractivity (Wildman–Crippen MR) is 254 cm³/mol. The van der Waals surface area contributed by atoms with E-state index in [1.165, 1.54) is 213 Å². The van der Waals surface area contributed by atoms with E-state index in [1.807, 2.05) is 0 Å². The summed E-state index contributed by atoms with van der Waals surface area (Å²) >= 11 is 0. The van der Waals surface area contributed by atoms with Crippen LogP contribution in [0.25, 0.3) is 0 Å². The summed E-state index contributed by atoms with van der Waals surface area (Å²) in [6.07, 6.45) is 55.3. The van der Waals surface area contributed by atoms with Gasteiger partial charge in [-0.25, -0.2) is 0 Å². The Hall–Kier alpha value is -1.85. The molecule has 0 radical (unpaired) electrons. The number of carbonyl (C=O) groups is 3. The van der Waals surface area contributed by atoms with E-state index in [0.717, 1.165) is 51.4 Å². The standard InChI is InChI=1S/C32H64O2.C21H38O4/c1-3-5-7-9-11-13-15-17-18-19-20-22-24-26-28-30-32(33)34-31-29-27-25-23-21-16-14-12-10-8-6-4-2;1-4-5-6-13-16-20(25-19(2)22)17-14-11-9-7-8-10-12-15-18-21(23)24-3/h3-31H2,1-2H3;11,14,20H,4-10,12-13,15-18H2,1-3H3/b;14-11-. The Labute approximate surface area is 368 Å². The van der Waals surface area contributed by atoms with Crippen molar-refractivity contribution >= 4 is 17.9 Å². The Kier molecular flexibility index (Phi) is 52.5. The van der Waals surface area contributed by atoms with Gasteiger partial charge in [-0.3, -0.25) is 14.4 Å². The molecule has 6 nitrogen and oxygen atoms in total. The normalized spacial score (nSPS) is 11.7. The number of unbranched alkanes of at least 4 members (excludes halogenated alkanes) is 33. The number of allylic oxidation sites excluding steroid dienone is 1. The van der Waals surface area contributed by atoms with E-state index in [0.29, 0.717) is 19.4 Å². The van der Waals surface area contributed by atoms with Crippen LogP contribution in [-0.4, -0.2) is 37.7 Å². The number of esters is 3.